The Morgan fingerprint density at radius 3 is 1.82 bits per heavy atom. The minimum absolute atomic E-state index is 0.122. The molecule has 1 fully saturated rings. The molecule has 1 saturated heterocycles. The summed E-state index contributed by atoms with van der Waals surface area (Å²) in [4.78, 5) is 15.5. The summed E-state index contributed by atoms with van der Waals surface area (Å²) in [7, 11) is -2.02. The van der Waals surface area contributed by atoms with Gasteiger partial charge in [-0.25, -0.2) is 0 Å². The quantitative estimate of drug-likeness (QED) is 0.316. The molecule has 0 radical (unpaired) electrons. The maximum Gasteiger partial charge on any atom is 0.258 e. The molecule has 1 aliphatic rings. The molecule has 3 rings (SSSR count). The van der Waals surface area contributed by atoms with Crippen molar-refractivity contribution in [2.75, 3.05) is 13.1 Å². The lowest BCUT2D eigenvalue weighted by atomic mass is 9.84. The number of hydrogen-bond acceptors (Lipinski definition) is 4. The number of nitrogens with zero attached hydrogens (tertiary/aromatic N) is 1. The first kappa shape index (κ1) is 26.6. The molecule has 1 heterocycles. The van der Waals surface area contributed by atoms with Gasteiger partial charge in [0.15, 0.2) is 5.78 Å². The maximum atomic E-state index is 13.3. The van der Waals surface area contributed by atoms with E-state index in [9.17, 15) is 9.90 Å². The highest BCUT2D eigenvalue weighted by atomic mass is 28.4. The van der Waals surface area contributed by atoms with Gasteiger partial charge < -0.3 is 9.53 Å². The molecule has 0 spiro atoms. The number of aliphatic hydroxyl groups is 1. The normalized spacial score (nSPS) is 17.9. The number of piperidine rings is 1. The number of benzene rings is 2. The van der Waals surface area contributed by atoms with Crippen molar-refractivity contribution < 1.29 is 14.3 Å². The Kier molecular flexibility index (Phi) is 8.43. The zero-order valence-electron chi connectivity index (χ0n) is 22.0. The topological polar surface area (TPSA) is 49.8 Å². The number of likely N-dealkylation sites (tertiary alicyclic amines) is 1. The van der Waals surface area contributed by atoms with Gasteiger partial charge >= 0.3 is 0 Å². The fraction of sp³-hybridized carbons (Fsp3) is 0.552. The first-order chi connectivity index (χ1) is 16.0. The minimum Gasteiger partial charge on any atom is -0.543 e. The van der Waals surface area contributed by atoms with Crippen LogP contribution in [0.25, 0.3) is 0 Å². The van der Waals surface area contributed by atoms with Gasteiger partial charge in [-0.15, -0.1) is 0 Å². The van der Waals surface area contributed by atoms with Crippen molar-refractivity contribution in [3.05, 3.63) is 65.7 Å². The number of Topliss-reactive ketones (excluding diaryl/α,β-unsaturated/α-hetero) is 1. The van der Waals surface area contributed by atoms with Gasteiger partial charge in [0, 0.05) is 18.7 Å². The van der Waals surface area contributed by atoms with Crippen LogP contribution in [0.2, 0.25) is 16.6 Å². The third-order valence-corrected chi connectivity index (χ3v) is 14.0. The molecule has 4 nitrogen and oxygen atoms in total. The summed E-state index contributed by atoms with van der Waals surface area (Å²) in [6, 6.07) is 17.4. The van der Waals surface area contributed by atoms with Gasteiger partial charge in [0.2, 0.25) is 0 Å². The van der Waals surface area contributed by atoms with Crippen molar-refractivity contribution in [1.82, 2.24) is 4.90 Å². The second-order valence-corrected chi connectivity index (χ2v) is 16.3. The van der Waals surface area contributed by atoms with E-state index >= 15 is 0 Å². The summed E-state index contributed by atoms with van der Waals surface area (Å²) in [5, 5.41) is 11.1. The summed E-state index contributed by atoms with van der Waals surface area (Å²) in [5.74, 6) is 0.995. The van der Waals surface area contributed by atoms with Gasteiger partial charge in [-0.2, -0.15) is 0 Å². The average Bonchev–Trinajstić information content (AvgIpc) is 2.82. The highest BCUT2D eigenvalue weighted by Gasteiger charge is 2.47. The Balaban J connectivity index is 1.66. The van der Waals surface area contributed by atoms with Crippen molar-refractivity contribution in [2.24, 2.45) is 0 Å². The van der Waals surface area contributed by atoms with E-state index in [0.29, 0.717) is 42.6 Å². The first-order valence-corrected chi connectivity index (χ1v) is 15.0. The van der Waals surface area contributed by atoms with Crippen LogP contribution < -0.4 is 4.43 Å². The van der Waals surface area contributed by atoms with Crippen molar-refractivity contribution in [1.29, 1.82) is 0 Å². The summed E-state index contributed by atoms with van der Waals surface area (Å²) in [6.07, 6.45) is 1.27. The van der Waals surface area contributed by atoms with Crippen molar-refractivity contribution >= 4 is 14.1 Å². The van der Waals surface area contributed by atoms with Gasteiger partial charge in [-0.3, -0.25) is 9.69 Å². The molecule has 186 valence electrons. The Morgan fingerprint density at radius 2 is 1.35 bits per heavy atom. The third-order valence-electron chi connectivity index (χ3n) is 8.00. The fourth-order valence-corrected chi connectivity index (χ4v) is 11.2. The van der Waals surface area contributed by atoms with Gasteiger partial charge in [-0.1, -0.05) is 71.9 Å². The second kappa shape index (κ2) is 10.8. The maximum absolute atomic E-state index is 13.3. The monoisotopic (exact) mass is 481 g/mol. The molecule has 0 amide bonds. The molecule has 0 saturated carbocycles. The standard InChI is InChI=1S/C29H43NO3Si/c1-21(2)34(22(3)4,23(5)6)33-27-15-13-25(14-16-27)28(31)24(7)30-19-17-29(32,18-20-30)26-11-9-8-10-12-26/h8-16,21-24,32H,17-20H2,1-7H3. The SMILES string of the molecule is CC(C(=O)c1ccc(O[Si](C(C)C)(C(C)C)C(C)C)cc1)N1CCC(O)(c2ccccc2)CC1. The van der Waals surface area contributed by atoms with E-state index in [1.807, 2.05) is 61.5 Å². The minimum atomic E-state index is -2.02. The average molecular weight is 482 g/mol. The van der Waals surface area contributed by atoms with Gasteiger partial charge in [0.25, 0.3) is 8.32 Å². The van der Waals surface area contributed by atoms with Crippen LogP contribution in [0.4, 0.5) is 0 Å². The molecule has 2 aromatic rings. The van der Waals surface area contributed by atoms with Crippen molar-refractivity contribution in [2.45, 2.75) is 89.6 Å². The van der Waals surface area contributed by atoms with Crippen LogP contribution in [-0.2, 0) is 5.60 Å². The molecule has 1 aliphatic heterocycles. The smallest absolute Gasteiger partial charge is 0.258 e. The van der Waals surface area contributed by atoms with Crippen LogP contribution in [0.5, 0.6) is 5.75 Å². The summed E-state index contributed by atoms with van der Waals surface area (Å²) >= 11 is 0. The largest absolute Gasteiger partial charge is 0.543 e. The van der Waals surface area contributed by atoms with Gasteiger partial charge in [0.1, 0.15) is 5.75 Å². The molecule has 1 atom stereocenters. The number of carbonyl (C=O) groups is 1. The number of rotatable bonds is 9. The predicted octanol–water partition coefficient (Wildman–Crippen LogP) is 6.80. The van der Waals surface area contributed by atoms with Crippen LogP contribution in [0, 0.1) is 0 Å². The Hall–Kier alpha value is -1.95. The van der Waals surface area contributed by atoms with Crippen molar-refractivity contribution in [3.63, 3.8) is 0 Å². The molecule has 0 aromatic heterocycles. The number of hydrogen-bond donors (Lipinski definition) is 1. The lowest BCUT2D eigenvalue weighted by Crippen LogP contribution is -2.50. The van der Waals surface area contributed by atoms with Crippen molar-refractivity contribution in [3.8, 4) is 5.75 Å². The highest BCUT2D eigenvalue weighted by Crippen LogP contribution is 2.42. The van der Waals surface area contributed by atoms with E-state index in [4.69, 9.17) is 4.43 Å². The van der Waals surface area contributed by atoms with Crippen LogP contribution in [0.15, 0.2) is 54.6 Å². The summed E-state index contributed by atoms with van der Waals surface area (Å²) in [5.41, 5.74) is 2.38. The van der Waals surface area contributed by atoms with E-state index < -0.39 is 13.9 Å². The van der Waals surface area contributed by atoms with E-state index in [1.54, 1.807) is 0 Å². The zero-order chi connectivity index (χ0) is 25.1. The molecule has 1 N–H and O–H groups in total. The van der Waals surface area contributed by atoms with Crippen LogP contribution in [-0.4, -0.2) is 43.2 Å². The van der Waals surface area contributed by atoms with Gasteiger partial charge in [-0.05, 0) is 66.2 Å². The van der Waals surface area contributed by atoms with E-state index in [2.05, 4.69) is 46.4 Å². The predicted molar refractivity (Wildman–Crippen MR) is 143 cm³/mol. The molecule has 1 unspecified atom stereocenters. The van der Waals surface area contributed by atoms with E-state index in [-0.39, 0.29) is 11.8 Å². The van der Waals surface area contributed by atoms with Crippen LogP contribution in [0.3, 0.4) is 0 Å². The molecule has 0 aliphatic carbocycles. The van der Waals surface area contributed by atoms with Gasteiger partial charge in [0.05, 0.1) is 11.6 Å². The molecular weight excluding hydrogens is 438 g/mol. The van der Waals surface area contributed by atoms with E-state index in [0.717, 1.165) is 16.9 Å². The molecule has 34 heavy (non-hydrogen) atoms. The zero-order valence-corrected chi connectivity index (χ0v) is 23.0. The summed E-state index contributed by atoms with van der Waals surface area (Å²) < 4.78 is 6.75. The molecular formula is C29H43NO3Si. The lowest BCUT2D eigenvalue weighted by Gasteiger charge is -2.42. The Bertz CT molecular complexity index is 910. The first-order valence-electron chi connectivity index (χ1n) is 12.9. The van der Waals surface area contributed by atoms with Crippen LogP contribution in [0.1, 0.15) is 77.2 Å². The Morgan fingerprint density at radius 1 is 0.853 bits per heavy atom. The fourth-order valence-electron chi connectivity index (χ4n) is 5.97. The number of ketones is 1. The van der Waals surface area contributed by atoms with Crippen LogP contribution >= 0.6 is 0 Å². The molecule has 5 heteroatoms. The molecule has 2 aromatic carbocycles. The third kappa shape index (κ3) is 5.32. The second-order valence-electron chi connectivity index (χ2n) is 10.9. The number of carbonyl (C=O) groups excluding carboxylic acids is 1. The Labute approximate surface area is 207 Å². The molecule has 0 bridgehead atoms. The summed E-state index contributed by atoms with van der Waals surface area (Å²) in [6.45, 7) is 17.1. The lowest BCUT2D eigenvalue weighted by molar-refractivity contribution is -0.0318. The van der Waals surface area contributed by atoms with E-state index in [1.165, 1.54) is 0 Å². The highest BCUT2D eigenvalue weighted by molar-refractivity contribution is 6.78.